The molecule has 0 aliphatic heterocycles. The van der Waals surface area contributed by atoms with Crippen molar-refractivity contribution < 1.29 is 10.0 Å². The van der Waals surface area contributed by atoms with E-state index in [1.807, 2.05) is 11.9 Å². The smallest absolute Gasteiger partial charge is 0.294 e. The predicted molar refractivity (Wildman–Crippen MR) is 70.1 cm³/mol. The van der Waals surface area contributed by atoms with Gasteiger partial charge in [0.25, 0.3) is 5.69 Å². The van der Waals surface area contributed by atoms with E-state index in [2.05, 4.69) is 0 Å². The molecule has 1 aliphatic rings. The highest BCUT2D eigenvalue weighted by atomic mass is 35.5. The van der Waals surface area contributed by atoms with Crippen molar-refractivity contribution in [2.24, 2.45) is 5.92 Å². The molecule has 5 nitrogen and oxygen atoms in total. The molecule has 98 valence electrons. The fourth-order valence-electron chi connectivity index (χ4n) is 2.30. The van der Waals surface area contributed by atoms with Gasteiger partial charge in [-0.3, -0.25) is 10.1 Å². The third kappa shape index (κ3) is 2.73. The summed E-state index contributed by atoms with van der Waals surface area (Å²) >= 11 is 5.77. The highest BCUT2D eigenvalue weighted by molar-refractivity contribution is 6.30. The van der Waals surface area contributed by atoms with Crippen molar-refractivity contribution in [3.05, 3.63) is 33.3 Å². The lowest BCUT2D eigenvalue weighted by atomic mass is 9.82. The van der Waals surface area contributed by atoms with Crippen LogP contribution < -0.4 is 4.90 Å². The Morgan fingerprint density at radius 1 is 1.56 bits per heavy atom. The second-order valence-corrected chi connectivity index (χ2v) is 5.20. The topological polar surface area (TPSA) is 66.6 Å². The Labute approximate surface area is 110 Å². The molecule has 0 bridgehead atoms. The molecule has 6 heteroatoms. The van der Waals surface area contributed by atoms with Gasteiger partial charge in [0.05, 0.1) is 11.0 Å². The van der Waals surface area contributed by atoms with Crippen LogP contribution in [0.4, 0.5) is 11.4 Å². The molecule has 0 atom stereocenters. The van der Waals surface area contributed by atoms with Crippen LogP contribution in [0.3, 0.4) is 0 Å². The second-order valence-electron chi connectivity index (χ2n) is 4.76. The lowest BCUT2D eigenvalue weighted by Crippen LogP contribution is -2.37. The Hall–Kier alpha value is -1.33. The van der Waals surface area contributed by atoms with Crippen LogP contribution in [-0.2, 0) is 0 Å². The van der Waals surface area contributed by atoms with Crippen LogP contribution in [0.2, 0.25) is 5.02 Å². The number of aliphatic hydroxyl groups excluding tert-OH is 1. The fraction of sp³-hybridized carbons (Fsp3) is 0.500. The van der Waals surface area contributed by atoms with Crippen molar-refractivity contribution in [2.45, 2.75) is 18.9 Å². The zero-order chi connectivity index (χ0) is 13.3. The first-order valence-corrected chi connectivity index (χ1v) is 6.18. The molecule has 1 N–H and O–H groups in total. The number of nitrogens with zero attached hydrogens (tertiary/aromatic N) is 2. The molecule has 18 heavy (non-hydrogen) atoms. The van der Waals surface area contributed by atoms with Gasteiger partial charge in [0.15, 0.2) is 0 Å². The maximum absolute atomic E-state index is 11.0. The Balaban J connectivity index is 2.13. The molecule has 1 aromatic carbocycles. The standard InChI is InChI=1S/C12H15ClN2O3/c1-14(7-8-4-10(16)5-8)11-3-2-9(13)6-12(11)15(17)18/h2-3,6,8,10,16H,4-5,7H2,1H3. The van der Waals surface area contributed by atoms with Gasteiger partial charge in [-0.05, 0) is 30.9 Å². The van der Waals surface area contributed by atoms with Gasteiger partial charge in [-0.1, -0.05) is 11.6 Å². The lowest BCUT2D eigenvalue weighted by molar-refractivity contribution is -0.384. The van der Waals surface area contributed by atoms with Crippen molar-refractivity contribution in [3.63, 3.8) is 0 Å². The van der Waals surface area contributed by atoms with E-state index < -0.39 is 4.92 Å². The summed E-state index contributed by atoms with van der Waals surface area (Å²) < 4.78 is 0. The first-order chi connectivity index (χ1) is 8.47. The molecular weight excluding hydrogens is 256 g/mol. The van der Waals surface area contributed by atoms with E-state index in [4.69, 9.17) is 11.6 Å². The molecule has 0 saturated heterocycles. The Morgan fingerprint density at radius 2 is 2.22 bits per heavy atom. The molecule has 2 rings (SSSR count). The minimum Gasteiger partial charge on any atom is -0.393 e. The molecule has 1 aromatic rings. The van der Waals surface area contributed by atoms with Crippen molar-refractivity contribution in [3.8, 4) is 0 Å². The molecule has 1 saturated carbocycles. The number of halogens is 1. The van der Waals surface area contributed by atoms with E-state index in [0.717, 1.165) is 12.8 Å². The lowest BCUT2D eigenvalue weighted by Gasteiger charge is -2.35. The monoisotopic (exact) mass is 270 g/mol. The number of benzene rings is 1. The minimum atomic E-state index is -0.423. The number of anilines is 1. The minimum absolute atomic E-state index is 0.0184. The van der Waals surface area contributed by atoms with Crippen LogP contribution in [0.15, 0.2) is 18.2 Å². The summed E-state index contributed by atoms with van der Waals surface area (Å²) in [5, 5.41) is 20.6. The van der Waals surface area contributed by atoms with Crippen LogP contribution in [0, 0.1) is 16.0 Å². The average Bonchev–Trinajstić information content (AvgIpc) is 2.26. The molecule has 0 heterocycles. The van der Waals surface area contributed by atoms with E-state index in [1.165, 1.54) is 6.07 Å². The van der Waals surface area contributed by atoms with E-state index in [1.54, 1.807) is 12.1 Å². The van der Waals surface area contributed by atoms with Gasteiger partial charge >= 0.3 is 0 Å². The third-order valence-electron chi connectivity index (χ3n) is 3.29. The van der Waals surface area contributed by atoms with Crippen molar-refractivity contribution >= 4 is 23.0 Å². The maximum Gasteiger partial charge on any atom is 0.294 e. The summed E-state index contributed by atoms with van der Waals surface area (Å²) in [4.78, 5) is 12.4. The van der Waals surface area contributed by atoms with Crippen molar-refractivity contribution in [2.75, 3.05) is 18.5 Å². The van der Waals surface area contributed by atoms with Gasteiger partial charge in [-0.2, -0.15) is 0 Å². The van der Waals surface area contributed by atoms with Crippen LogP contribution in [-0.4, -0.2) is 29.7 Å². The number of hydrogen-bond donors (Lipinski definition) is 1. The molecule has 0 spiro atoms. The highest BCUT2D eigenvalue weighted by Gasteiger charge is 2.29. The second kappa shape index (κ2) is 5.12. The van der Waals surface area contributed by atoms with Gasteiger partial charge in [-0.25, -0.2) is 0 Å². The van der Waals surface area contributed by atoms with E-state index in [-0.39, 0.29) is 11.8 Å². The fourth-order valence-corrected chi connectivity index (χ4v) is 2.47. The van der Waals surface area contributed by atoms with Gasteiger partial charge < -0.3 is 10.0 Å². The zero-order valence-corrected chi connectivity index (χ0v) is 10.8. The summed E-state index contributed by atoms with van der Waals surface area (Å²) in [7, 11) is 1.82. The Kier molecular flexibility index (Phi) is 3.73. The van der Waals surface area contributed by atoms with Crippen LogP contribution in [0.25, 0.3) is 0 Å². The summed E-state index contributed by atoms with van der Waals surface area (Å²) in [5.41, 5.74) is 0.579. The van der Waals surface area contributed by atoms with Crippen LogP contribution in [0.5, 0.6) is 0 Å². The van der Waals surface area contributed by atoms with Gasteiger partial charge in [0, 0.05) is 24.7 Å². The third-order valence-corrected chi connectivity index (χ3v) is 3.52. The number of rotatable bonds is 4. The molecular formula is C12H15ClN2O3. The van der Waals surface area contributed by atoms with Crippen LogP contribution >= 0.6 is 11.6 Å². The average molecular weight is 271 g/mol. The summed E-state index contributed by atoms with van der Waals surface area (Å²) in [6.45, 7) is 0.708. The predicted octanol–water partition coefficient (Wildman–Crippen LogP) is 2.46. The molecule has 0 radical (unpaired) electrons. The number of nitro benzene ring substituents is 1. The zero-order valence-electron chi connectivity index (χ0n) is 10.0. The van der Waals surface area contributed by atoms with Crippen LogP contribution in [0.1, 0.15) is 12.8 Å². The number of aliphatic hydroxyl groups is 1. The van der Waals surface area contributed by atoms with E-state index >= 15 is 0 Å². The van der Waals surface area contributed by atoms with Crippen molar-refractivity contribution in [1.29, 1.82) is 0 Å². The molecule has 1 fully saturated rings. The number of nitro groups is 1. The Morgan fingerprint density at radius 3 is 2.78 bits per heavy atom. The van der Waals surface area contributed by atoms with Gasteiger partial charge in [0.1, 0.15) is 5.69 Å². The Bertz CT molecular complexity index is 461. The van der Waals surface area contributed by atoms with Gasteiger partial charge in [-0.15, -0.1) is 0 Å². The first-order valence-electron chi connectivity index (χ1n) is 5.80. The normalized spacial score (nSPS) is 22.4. The highest BCUT2D eigenvalue weighted by Crippen LogP contribution is 2.33. The molecule has 1 aliphatic carbocycles. The first kappa shape index (κ1) is 13.1. The van der Waals surface area contributed by atoms with Gasteiger partial charge in [0.2, 0.25) is 0 Å². The SMILES string of the molecule is CN(CC1CC(O)C1)c1ccc(Cl)cc1[N+](=O)[O-]. The quantitative estimate of drug-likeness (QED) is 0.674. The van der Waals surface area contributed by atoms with E-state index in [0.29, 0.717) is 23.2 Å². The largest absolute Gasteiger partial charge is 0.393 e. The molecule has 0 amide bonds. The van der Waals surface area contributed by atoms with E-state index in [9.17, 15) is 15.2 Å². The summed E-state index contributed by atoms with van der Waals surface area (Å²) in [5.74, 6) is 0.403. The number of hydrogen-bond acceptors (Lipinski definition) is 4. The molecule has 0 unspecified atom stereocenters. The maximum atomic E-state index is 11.0. The molecule has 0 aromatic heterocycles. The summed E-state index contributed by atoms with van der Waals surface area (Å²) in [6.07, 6.45) is 1.33. The summed E-state index contributed by atoms with van der Waals surface area (Å²) in [6, 6.07) is 4.68. The van der Waals surface area contributed by atoms with Crippen molar-refractivity contribution in [1.82, 2.24) is 0 Å².